The van der Waals surface area contributed by atoms with Gasteiger partial charge in [0.25, 0.3) is 0 Å². The van der Waals surface area contributed by atoms with E-state index in [0.717, 1.165) is 17.2 Å². The molecule has 1 aromatic carbocycles. The van der Waals surface area contributed by atoms with Crippen LogP contribution in [0.3, 0.4) is 0 Å². The lowest BCUT2D eigenvalue weighted by Crippen LogP contribution is -2.15. The summed E-state index contributed by atoms with van der Waals surface area (Å²) in [5, 5.41) is 0. The van der Waals surface area contributed by atoms with Gasteiger partial charge in [-0.15, -0.1) is 0 Å². The summed E-state index contributed by atoms with van der Waals surface area (Å²) in [5.41, 5.74) is 6.74. The zero-order chi connectivity index (χ0) is 9.97. The van der Waals surface area contributed by atoms with Crippen LogP contribution in [0.1, 0.15) is 25.3 Å². The second-order valence-corrected chi connectivity index (χ2v) is 3.97. The van der Waals surface area contributed by atoms with Crippen LogP contribution >= 0.6 is 0 Å². The fraction of sp³-hybridized carbons (Fsp3) is 0.500. The van der Waals surface area contributed by atoms with Crippen molar-refractivity contribution in [3.63, 3.8) is 0 Å². The lowest BCUT2D eigenvalue weighted by Gasteiger charge is -2.16. The van der Waals surface area contributed by atoms with Gasteiger partial charge in [0, 0.05) is 12.1 Å². The van der Waals surface area contributed by atoms with Crippen LogP contribution in [0.25, 0.3) is 0 Å². The van der Waals surface area contributed by atoms with Gasteiger partial charge in [-0.3, -0.25) is 0 Å². The Kier molecular flexibility index (Phi) is 2.73. The van der Waals surface area contributed by atoms with Gasteiger partial charge in [-0.25, -0.2) is 0 Å². The smallest absolute Gasteiger partial charge is 0.124 e. The number of ether oxygens (including phenoxy) is 1. The molecular formula is C12H17NO. The highest BCUT2D eigenvalue weighted by atomic mass is 16.5. The number of nitrogens with two attached hydrogens (primary N) is 1. The van der Waals surface area contributed by atoms with Crippen molar-refractivity contribution in [3.05, 3.63) is 29.8 Å². The van der Waals surface area contributed by atoms with E-state index in [1.54, 1.807) is 0 Å². The summed E-state index contributed by atoms with van der Waals surface area (Å²) in [6.07, 6.45) is 2.96. The Morgan fingerprint density at radius 2 is 2.14 bits per heavy atom. The predicted octanol–water partition coefficient (Wildman–Crippen LogP) is 2.32. The number of rotatable bonds is 4. The minimum absolute atomic E-state index is 0.336. The van der Waals surface area contributed by atoms with Crippen LogP contribution in [0.4, 0.5) is 0 Å². The third-order valence-electron chi connectivity index (χ3n) is 2.79. The van der Waals surface area contributed by atoms with Crippen molar-refractivity contribution in [1.29, 1.82) is 0 Å². The molecule has 0 heterocycles. The molecule has 0 bridgehead atoms. The summed E-state index contributed by atoms with van der Waals surface area (Å²) >= 11 is 0. The number of para-hydroxylation sites is 1. The Hall–Kier alpha value is -1.02. The second kappa shape index (κ2) is 4.01. The average Bonchev–Trinajstić information content (AvgIpc) is 3.02. The minimum Gasteiger partial charge on any atom is -0.490 e. The molecule has 0 radical (unpaired) electrons. The van der Waals surface area contributed by atoms with Gasteiger partial charge < -0.3 is 10.5 Å². The predicted molar refractivity (Wildman–Crippen MR) is 57.1 cm³/mol. The van der Waals surface area contributed by atoms with Gasteiger partial charge in [0.05, 0.1) is 6.10 Å². The molecule has 0 saturated heterocycles. The molecule has 1 aliphatic carbocycles. The van der Waals surface area contributed by atoms with Gasteiger partial charge in [-0.05, 0) is 31.7 Å². The van der Waals surface area contributed by atoms with Gasteiger partial charge in [0.15, 0.2) is 0 Å². The molecule has 1 saturated carbocycles. The Morgan fingerprint density at radius 3 is 2.79 bits per heavy atom. The molecule has 0 aliphatic heterocycles. The topological polar surface area (TPSA) is 35.2 Å². The molecular weight excluding hydrogens is 174 g/mol. The third kappa shape index (κ3) is 2.07. The highest BCUT2D eigenvalue weighted by molar-refractivity contribution is 5.33. The zero-order valence-corrected chi connectivity index (χ0v) is 8.57. The van der Waals surface area contributed by atoms with Crippen molar-refractivity contribution in [2.45, 2.75) is 32.4 Å². The first-order valence-corrected chi connectivity index (χ1v) is 5.26. The Bertz CT molecular complexity index is 307. The summed E-state index contributed by atoms with van der Waals surface area (Å²) in [4.78, 5) is 0. The lowest BCUT2D eigenvalue weighted by atomic mass is 10.2. The van der Waals surface area contributed by atoms with Crippen LogP contribution in [0.15, 0.2) is 24.3 Å². The van der Waals surface area contributed by atoms with Crippen molar-refractivity contribution >= 4 is 0 Å². The molecule has 1 aromatic rings. The number of hydrogen-bond donors (Lipinski definition) is 1. The molecule has 2 nitrogen and oxygen atoms in total. The van der Waals surface area contributed by atoms with Gasteiger partial charge in [0.1, 0.15) is 5.75 Å². The van der Waals surface area contributed by atoms with E-state index in [2.05, 4.69) is 6.92 Å². The number of benzene rings is 1. The van der Waals surface area contributed by atoms with E-state index in [9.17, 15) is 0 Å². The molecule has 2 heteroatoms. The molecule has 2 rings (SSSR count). The van der Waals surface area contributed by atoms with Crippen molar-refractivity contribution in [1.82, 2.24) is 0 Å². The Labute approximate surface area is 85.1 Å². The highest BCUT2D eigenvalue weighted by Gasteiger charge is 2.29. The SMILES string of the molecule is C[C@H](Oc1ccccc1CN)C1CC1. The van der Waals surface area contributed by atoms with E-state index >= 15 is 0 Å². The summed E-state index contributed by atoms with van der Waals surface area (Å²) < 4.78 is 5.88. The van der Waals surface area contributed by atoms with E-state index in [1.807, 2.05) is 24.3 Å². The van der Waals surface area contributed by atoms with Crippen LogP contribution < -0.4 is 10.5 Å². The van der Waals surface area contributed by atoms with E-state index < -0.39 is 0 Å². The molecule has 2 N–H and O–H groups in total. The van der Waals surface area contributed by atoms with Crippen molar-refractivity contribution < 1.29 is 4.74 Å². The molecule has 1 aliphatic rings. The molecule has 76 valence electrons. The summed E-state index contributed by atoms with van der Waals surface area (Å²) in [6, 6.07) is 8.01. The van der Waals surface area contributed by atoms with Crippen molar-refractivity contribution in [2.24, 2.45) is 11.7 Å². The lowest BCUT2D eigenvalue weighted by molar-refractivity contribution is 0.196. The van der Waals surface area contributed by atoms with Crippen molar-refractivity contribution in [2.75, 3.05) is 0 Å². The normalized spacial score (nSPS) is 17.9. The van der Waals surface area contributed by atoms with Gasteiger partial charge in [-0.1, -0.05) is 18.2 Å². The van der Waals surface area contributed by atoms with E-state index in [1.165, 1.54) is 12.8 Å². The summed E-state index contributed by atoms with van der Waals surface area (Å²) in [7, 11) is 0. The monoisotopic (exact) mass is 191 g/mol. The quantitative estimate of drug-likeness (QED) is 0.792. The van der Waals surface area contributed by atoms with Crippen LogP contribution in [0.2, 0.25) is 0 Å². The first-order valence-electron chi connectivity index (χ1n) is 5.26. The Balaban J connectivity index is 2.06. The van der Waals surface area contributed by atoms with E-state index in [4.69, 9.17) is 10.5 Å². The number of hydrogen-bond acceptors (Lipinski definition) is 2. The molecule has 1 fully saturated rings. The molecule has 0 spiro atoms. The maximum Gasteiger partial charge on any atom is 0.124 e. The third-order valence-corrected chi connectivity index (χ3v) is 2.79. The zero-order valence-electron chi connectivity index (χ0n) is 8.57. The Morgan fingerprint density at radius 1 is 1.43 bits per heavy atom. The van der Waals surface area contributed by atoms with Crippen LogP contribution in [-0.2, 0) is 6.54 Å². The first-order chi connectivity index (χ1) is 6.81. The molecule has 1 atom stereocenters. The maximum atomic E-state index is 5.88. The summed E-state index contributed by atoms with van der Waals surface area (Å²) in [6.45, 7) is 2.69. The molecule has 0 aromatic heterocycles. The van der Waals surface area contributed by atoms with Gasteiger partial charge in [0.2, 0.25) is 0 Å². The van der Waals surface area contributed by atoms with Crippen LogP contribution in [-0.4, -0.2) is 6.10 Å². The van der Waals surface area contributed by atoms with Crippen molar-refractivity contribution in [3.8, 4) is 5.75 Å². The second-order valence-electron chi connectivity index (χ2n) is 3.97. The molecule has 0 unspecified atom stereocenters. The van der Waals surface area contributed by atoms with Gasteiger partial charge >= 0.3 is 0 Å². The average molecular weight is 191 g/mol. The summed E-state index contributed by atoms with van der Waals surface area (Å²) in [5.74, 6) is 1.72. The van der Waals surface area contributed by atoms with Crippen LogP contribution in [0.5, 0.6) is 5.75 Å². The largest absolute Gasteiger partial charge is 0.490 e. The molecule has 0 amide bonds. The van der Waals surface area contributed by atoms with E-state index in [0.29, 0.717) is 12.6 Å². The highest BCUT2D eigenvalue weighted by Crippen LogP contribution is 2.35. The fourth-order valence-electron chi connectivity index (χ4n) is 1.65. The van der Waals surface area contributed by atoms with Crippen LogP contribution in [0, 0.1) is 5.92 Å². The maximum absolute atomic E-state index is 5.88. The van der Waals surface area contributed by atoms with Gasteiger partial charge in [-0.2, -0.15) is 0 Å². The standard InChI is InChI=1S/C12H17NO/c1-9(10-6-7-10)14-12-5-3-2-4-11(12)8-13/h2-5,9-10H,6-8,13H2,1H3/t9-/m0/s1. The molecule has 14 heavy (non-hydrogen) atoms. The minimum atomic E-state index is 0.336. The first kappa shape index (κ1) is 9.53. The fourth-order valence-corrected chi connectivity index (χ4v) is 1.65. The van der Waals surface area contributed by atoms with E-state index in [-0.39, 0.29) is 0 Å².